The van der Waals surface area contributed by atoms with Crippen molar-refractivity contribution in [3.05, 3.63) is 0 Å². The van der Waals surface area contributed by atoms with Gasteiger partial charge in [-0.2, -0.15) is 11.8 Å². The van der Waals surface area contributed by atoms with Crippen LogP contribution in [0.5, 0.6) is 0 Å². The fourth-order valence-corrected chi connectivity index (χ4v) is 5.11. The van der Waals surface area contributed by atoms with Crippen molar-refractivity contribution in [1.82, 2.24) is 5.32 Å². The monoisotopic (exact) mass is 255 g/mol. The highest BCUT2D eigenvalue weighted by molar-refractivity contribution is 7.99. The minimum atomic E-state index is 0.779. The van der Waals surface area contributed by atoms with Crippen LogP contribution >= 0.6 is 11.8 Å². The highest BCUT2D eigenvalue weighted by Gasteiger charge is 2.24. The molecule has 100 valence electrons. The van der Waals surface area contributed by atoms with Crippen LogP contribution in [0.25, 0.3) is 0 Å². The SMILES string of the molecule is CNC1CCCCCCC1SCC1CCCC1. The van der Waals surface area contributed by atoms with Crippen LogP contribution in [-0.2, 0) is 0 Å². The third-order valence-electron chi connectivity index (χ3n) is 4.59. The maximum absolute atomic E-state index is 3.58. The van der Waals surface area contributed by atoms with Crippen LogP contribution in [0.3, 0.4) is 0 Å². The first kappa shape index (κ1) is 13.7. The van der Waals surface area contributed by atoms with Gasteiger partial charge in [-0.15, -0.1) is 0 Å². The summed E-state index contributed by atoms with van der Waals surface area (Å²) < 4.78 is 0. The van der Waals surface area contributed by atoms with Gasteiger partial charge in [0.25, 0.3) is 0 Å². The molecule has 2 heteroatoms. The summed E-state index contributed by atoms with van der Waals surface area (Å²) in [6.45, 7) is 0. The van der Waals surface area contributed by atoms with E-state index in [0.717, 1.165) is 17.2 Å². The fourth-order valence-electron chi connectivity index (χ4n) is 3.42. The summed E-state index contributed by atoms with van der Waals surface area (Å²) in [6.07, 6.45) is 14.7. The molecule has 0 radical (unpaired) electrons. The van der Waals surface area contributed by atoms with Crippen LogP contribution in [0.15, 0.2) is 0 Å². The highest BCUT2D eigenvalue weighted by atomic mass is 32.2. The molecule has 0 saturated heterocycles. The second-order valence-electron chi connectivity index (χ2n) is 5.91. The van der Waals surface area contributed by atoms with E-state index in [2.05, 4.69) is 24.1 Å². The Morgan fingerprint density at radius 2 is 1.53 bits per heavy atom. The molecule has 1 N–H and O–H groups in total. The Morgan fingerprint density at radius 3 is 2.24 bits per heavy atom. The molecule has 0 bridgehead atoms. The minimum absolute atomic E-state index is 0.779. The average Bonchev–Trinajstić information content (AvgIpc) is 2.81. The molecule has 17 heavy (non-hydrogen) atoms. The normalized spacial score (nSPS) is 32.3. The lowest BCUT2D eigenvalue weighted by Crippen LogP contribution is -2.36. The van der Waals surface area contributed by atoms with Gasteiger partial charge in [0.2, 0.25) is 0 Å². The van der Waals surface area contributed by atoms with Gasteiger partial charge in [-0.25, -0.2) is 0 Å². The molecular formula is C15H29NS. The molecule has 2 aliphatic rings. The summed E-state index contributed by atoms with van der Waals surface area (Å²) in [5.41, 5.74) is 0. The maximum Gasteiger partial charge on any atom is 0.0201 e. The van der Waals surface area contributed by atoms with Crippen molar-refractivity contribution < 1.29 is 0 Å². The predicted molar refractivity (Wildman–Crippen MR) is 78.8 cm³/mol. The molecule has 0 heterocycles. The van der Waals surface area contributed by atoms with Crippen molar-refractivity contribution in [2.24, 2.45) is 5.92 Å². The molecule has 2 saturated carbocycles. The highest BCUT2D eigenvalue weighted by Crippen LogP contribution is 2.33. The van der Waals surface area contributed by atoms with Crippen LogP contribution in [-0.4, -0.2) is 24.1 Å². The second-order valence-corrected chi connectivity index (χ2v) is 7.18. The lowest BCUT2D eigenvalue weighted by molar-refractivity contribution is 0.419. The van der Waals surface area contributed by atoms with E-state index in [1.807, 2.05) is 0 Å². The smallest absolute Gasteiger partial charge is 0.0201 e. The van der Waals surface area contributed by atoms with Gasteiger partial charge in [-0.3, -0.25) is 0 Å². The van der Waals surface area contributed by atoms with E-state index in [-0.39, 0.29) is 0 Å². The third-order valence-corrected chi connectivity index (χ3v) is 6.25. The molecule has 0 aliphatic heterocycles. The molecule has 2 unspecified atom stereocenters. The topological polar surface area (TPSA) is 12.0 Å². The quantitative estimate of drug-likeness (QED) is 0.807. The number of rotatable bonds is 4. The maximum atomic E-state index is 3.58. The first-order valence-electron chi connectivity index (χ1n) is 7.69. The van der Waals surface area contributed by atoms with Gasteiger partial charge in [0, 0.05) is 11.3 Å². The molecule has 1 nitrogen and oxygen atoms in total. The molecule has 2 rings (SSSR count). The Labute approximate surface area is 112 Å². The molecule has 2 atom stereocenters. The zero-order chi connectivity index (χ0) is 11.9. The van der Waals surface area contributed by atoms with Crippen molar-refractivity contribution in [1.29, 1.82) is 0 Å². The van der Waals surface area contributed by atoms with Crippen molar-refractivity contribution in [3.8, 4) is 0 Å². The molecule has 2 fully saturated rings. The zero-order valence-electron chi connectivity index (χ0n) is 11.4. The summed E-state index contributed by atoms with van der Waals surface area (Å²) in [5.74, 6) is 2.48. The number of thioether (sulfide) groups is 1. The van der Waals surface area contributed by atoms with E-state index in [9.17, 15) is 0 Å². The first-order valence-corrected chi connectivity index (χ1v) is 8.74. The summed E-state index contributed by atoms with van der Waals surface area (Å²) >= 11 is 2.29. The largest absolute Gasteiger partial charge is 0.316 e. The molecule has 0 amide bonds. The van der Waals surface area contributed by atoms with E-state index in [1.165, 1.54) is 70.0 Å². The molecule has 0 aromatic heterocycles. The Morgan fingerprint density at radius 1 is 0.882 bits per heavy atom. The summed E-state index contributed by atoms with van der Waals surface area (Å²) in [5, 5.41) is 4.47. The standard InChI is InChI=1S/C15H29NS/c1-16-14-10-4-2-3-5-11-15(14)17-12-13-8-6-7-9-13/h13-16H,2-12H2,1H3. The van der Waals surface area contributed by atoms with Gasteiger partial charge in [-0.05, 0) is 44.4 Å². The molecule has 0 aromatic carbocycles. The Hall–Kier alpha value is 0.310. The van der Waals surface area contributed by atoms with E-state index in [4.69, 9.17) is 0 Å². The van der Waals surface area contributed by atoms with Gasteiger partial charge in [0.1, 0.15) is 0 Å². The van der Waals surface area contributed by atoms with Crippen LogP contribution in [0.2, 0.25) is 0 Å². The van der Waals surface area contributed by atoms with Gasteiger partial charge in [0.15, 0.2) is 0 Å². The number of nitrogens with one attached hydrogen (secondary N) is 1. The Balaban J connectivity index is 1.76. The Kier molecular flexibility index (Phi) is 6.21. The Bertz CT molecular complexity index is 201. The van der Waals surface area contributed by atoms with Crippen molar-refractivity contribution in [2.45, 2.75) is 75.5 Å². The lowest BCUT2D eigenvalue weighted by atomic mass is 9.96. The predicted octanol–water partition coefficient (Wildman–Crippen LogP) is 4.22. The molecule has 0 spiro atoms. The van der Waals surface area contributed by atoms with E-state index < -0.39 is 0 Å². The zero-order valence-corrected chi connectivity index (χ0v) is 12.2. The van der Waals surface area contributed by atoms with Crippen molar-refractivity contribution in [2.75, 3.05) is 12.8 Å². The number of hydrogen-bond acceptors (Lipinski definition) is 2. The van der Waals surface area contributed by atoms with E-state index >= 15 is 0 Å². The van der Waals surface area contributed by atoms with Gasteiger partial charge < -0.3 is 5.32 Å². The lowest BCUT2D eigenvalue weighted by Gasteiger charge is -2.29. The molecule has 0 aromatic rings. The van der Waals surface area contributed by atoms with Gasteiger partial charge >= 0.3 is 0 Å². The second kappa shape index (κ2) is 7.68. The van der Waals surface area contributed by atoms with E-state index in [1.54, 1.807) is 0 Å². The van der Waals surface area contributed by atoms with Crippen LogP contribution in [0.4, 0.5) is 0 Å². The molecule has 2 aliphatic carbocycles. The third kappa shape index (κ3) is 4.48. The van der Waals surface area contributed by atoms with Crippen molar-refractivity contribution in [3.63, 3.8) is 0 Å². The minimum Gasteiger partial charge on any atom is -0.316 e. The van der Waals surface area contributed by atoms with Crippen LogP contribution in [0.1, 0.15) is 64.2 Å². The fraction of sp³-hybridized carbons (Fsp3) is 1.00. The summed E-state index contributed by atoms with van der Waals surface area (Å²) in [4.78, 5) is 0. The van der Waals surface area contributed by atoms with Gasteiger partial charge in [0.05, 0.1) is 0 Å². The first-order chi connectivity index (χ1) is 8.40. The number of hydrogen-bond donors (Lipinski definition) is 1. The average molecular weight is 255 g/mol. The van der Waals surface area contributed by atoms with Crippen molar-refractivity contribution >= 4 is 11.8 Å². The summed E-state index contributed by atoms with van der Waals surface area (Å²) in [6, 6.07) is 0.779. The van der Waals surface area contributed by atoms with Gasteiger partial charge in [-0.1, -0.05) is 38.5 Å². The summed E-state index contributed by atoms with van der Waals surface area (Å²) in [7, 11) is 2.16. The molecular weight excluding hydrogens is 226 g/mol. The van der Waals surface area contributed by atoms with Crippen LogP contribution < -0.4 is 5.32 Å². The van der Waals surface area contributed by atoms with Crippen LogP contribution in [0, 0.1) is 5.92 Å². The van der Waals surface area contributed by atoms with E-state index in [0.29, 0.717) is 0 Å².